The van der Waals surface area contributed by atoms with Crippen LogP contribution in [0.2, 0.25) is 0 Å². The van der Waals surface area contributed by atoms with Crippen LogP contribution >= 0.6 is 0 Å². The van der Waals surface area contributed by atoms with E-state index in [9.17, 15) is 0 Å². The number of hydrogen-bond acceptors (Lipinski definition) is 2. The quantitative estimate of drug-likeness (QED) is 0.605. The summed E-state index contributed by atoms with van der Waals surface area (Å²) < 4.78 is 4.94. The van der Waals surface area contributed by atoms with Crippen LogP contribution in [0.4, 0.5) is 0 Å². The Balaban J connectivity index is 2.12. The molecule has 0 saturated heterocycles. The minimum absolute atomic E-state index is 0.290. The summed E-state index contributed by atoms with van der Waals surface area (Å²) >= 11 is 0. The molecule has 0 spiro atoms. The van der Waals surface area contributed by atoms with Gasteiger partial charge in [0.15, 0.2) is 0 Å². The zero-order valence-electron chi connectivity index (χ0n) is 5.84. The first-order chi connectivity index (χ1) is 4.38. The maximum absolute atomic E-state index is 8.79. The molecule has 9 heavy (non-hydrogen) atoms. The predicted molar refractivity (Wildman–Crippen MR) is 35.2 cm³/mol. The minimum Gasteiger partial charge on any atom is -0.396 e. The van der Waals surface area contributed by atoms with E-state index in [0.29, 0.717) is 12.5 Å². The van der Waals surface area contributed by atoms with E-state index in [1.54, 1.807) is 7.11 Å². The number of aliphatic hydroxyl groups is 1. The van der Waals surface area contributed by atoms with Crippen LogP contribution in [0.1, 0.15) is 12.8 Å². The number of rotatable bonds is 4. The van der Waals surface area contributed by atoms with Gasteiger partial charge in [-0.25, -0.2) is 0 Å². The monoisotopic (exact) mass is 130 g/mol. The molecule has 1 unspecified atom stereocenters. The van der Waals surface area contributed by atoms with E-state index >= 15 is 0 Å². The van der Waals surface area contributed by atoms with Gasteiger partial charge in [-0.2, -0.15) is 0 Å². The molecule has 1 fully saturated rings. The molecule has 1 atom stereocenters. The molecular formula is C7H14O2. The third-order valence-electron chi connectivity index (χ3n) is 1.90. The van der Waals surface area contributed by atoms with Crippen LogP contribution < -0.4 is 0 Å². The fraction of sp³-hybridized carbons (Fsp3) is 1.00. The van der Waals surface area contributed by atoms with Gasteiger partial charge in [-0.05, 0) is 18.8 Å². The highest BCUT2D eigenvalue weighted by Gasteiger charge is 2.30. The van der Waals surface area contributed by atoms with E-state index in [0.717, 1.165) is 12.5 Å². The van der Waals surface area contributed by atoms with E-state index in [2.05, 4.69) is 0 Å². The van der Waals surface area contributed by atoms with Crippen LogP contribution in [0.5, 0.6) is 0 Å². The van der Waals surface area contributed by atoms with Crippen molar-refractivity contribution in [3.05, 3.63) is 0 Å². The summed E-state index contributed by atoms with van der Waals surface area (Å²) in [4.78, 5) is 0. The van der Waals surface area contributed by atoms with Crippen LogP contribution in [0.25, 0.3) is 0 Å². The lowest BCUT2D eigenvalue weighted by molar-refractivity contribution is 0.0983. The Bertz CT molecular complexity index is 79.0. The third kappa shape index (κ3) is 1.95. The van der Waals surface area contributed by atoms with Crippen LogP contribution in [-0.4, -0.2) is 25.4 Å². The topological polar surface area (TPSA) is 29.5 Å². The average molecular weight is 130 g/mol. The summed E-state index contributed by atoms with van der Waals surface area (Å²) in [5.74, 6) is 1.17. The molecule has 0 aromatic rings. The maximum Gasteiger partial charge on any atom is 0.0515 e. The fourth-order valence-electron chi connectivity index (χ4n) is 1.12. The van der Waals surface area contributed by atoms with Crippen molar-refractivity contribution in [2.75, 3.05) is 20.3 Å². The molecule has 1 saturated carbocycles. The third-order valence-corrected chi connectivity index (χ3v) is 1.90. The van der Waals surface area contributed by atoms with E-state index in [1.165, 1.54) is 12.8 Å². The summed E-state index contributed by atoms with van der Waals surface area (Å²) in [5.41, 5.74) is 0. The molecule has 1 rings (SSSR count). The van der Waals surface area contributed by atoms with Gasteiger partial charge in [0, 0.05) is 19.6 Å². The highest BCUT2D eigenvalue weighted by atomic mass is 16.5. The Hall–Kier alpha value is -0.0800. The van der Waals surface area contributed by atoms with E-state index < -0.39 is 0 Å². The molecule has 0 aliphatic heterocycles. The lowest BCUT2D eigenvalue weighted by Crippen LogP contribution is -2.14. The first-order valence-corrected chi connectivity index (χ1v) is 3.48. The van der Waals surface area contributed by atoms with Crippen LogP contribution in [0, 0.1) is 11.8 Å². The SMILES string of the molecule is COCC(CO)C1CC1. The molecule has 54 valence electrons. The average Bonchev–Trinajstić information content (AvgIpc) is 2.64. The van der Waals surface area contributed by atoms with Gasteiger partial charge >= 0.3 is 0 Å². The van der Waals surface area contributed by atoms with Gasteiger partial charge in [0.25, 0.3) is 0 Å². The molecule has 2 heteroatoms. The molecule has 0 aromatic heterocycles. The first-order valence-electron chi connectivity index (χ1n) is 3.48. The second-order valence-electron chi connectivity index (χ2n) is 2.74. The van der Waals surface area contributed by atoms with Crippen molar-refractivity contribution in [2.24, 2.45) is 11.8 Å². The van der Waals surface area contributed by atoms with Gasteiger partial charge in [-0.1, -0.05) is 0 Å². The summed E-state index contributed by atoms with van der Waals surface area (Å²) in [5, 5.41) is 8.79. The summed E-state index contributed by atoms with van der Waals surface area (Å²) in [6.07, 6.45) is 2.57. The zero-order valence-corrected chi connectivity index (χ0v) is 5.84. The second-order valence-corrected chi connectivity index (χ2v) is 2.74. The molecule has 0 bridgehead atoms. The molecule has 1 aliphatic carbocycles. The Labute approximate surface area is 55.8 Å². The molecule has 0 radical (unpaired) electrons. The highest BCUT2D eigenvalue weighted by molar-refractivity contribution is 4.80. The smallest absolute Gasteiger partial charge is 0.0515 e. The van der Waals surface area contributed by atoms with Gasteiger partial charge in [0.2, 0.25) is 0 Å². The van der Waals surface area contributed by atoms with Gasteiger partial charge in [-0.15, -0.1) is 0 Å². The van der Waals surface area contributed by atoms with Crippen LogP contribution in [0.15, 0.2) is 0 Å². The van der Waals surface area contributed by atoms with Crippen LogP contribution in [0.3, 0.4) is 0 Å². The highest BCUT2D eigenvalue weighted by Crippen LogP contribution is 2.36. The molecule has 0 heterocycles. The Morgan fingerprint density at radius 1 is 1.67 bits per heavy atom. The summed E-state index contributed by atoms with van der Waals surface area (Å²) in [7, 11) is 1.69. The summed E-state index contributed by atoms with van der Waals surface area (Å²) in [6, 6.07) is 0. The Morgan fingerprint density at radius 3 is 2.67 bits per heavy atom. The number of methoxy groups -OCH3 is 1. The van der Waals surface area contributed by atoms with Crippen molar-refractivity contribution in [1.29, 1.82) is 0 Å². The standard InChI is InChI=1S/C7H14O2/c1-9-5-7(4-8)6-2-3-6/h6-8H,2-5H2,1H3. The van der Waals surface area contributed by atoms with Crippen LogP contribution in [-0.2, 0) is 4.74 Å². The number of ether oxygens (including phenoxy) is 1. The normalized spacial score (nSPS) is 22.0. The minimum atomic E-state index is 0.290. The van der Waals surface area contributed by atoms with E-state index in [1.807, 2.05) is 0 Å². The van der Waals surface area contributed by atoms with E-state index in [-0.39, 0.29) is 0 Å². The second kappa shape index (κ2) is 3.18. The van der Waals surface area contributed by atoms with Crippen molar-refractivity contribution in [1.82, 2.24) is 0 Å². The first kappa shape index (κ1) is 7.03. The van der Waals surface area contributed by atoms with Gasteiger partial charge in [0.1, 0.15) is 0 Å². The fourth-order valence-corrected chi connectivity index (χ4v) is 1.12. The van der Waals surface area contributed by atoms with E-state index in [4.69, 9.17) is 9.84 Å². The van der Waals surface area contributed by atoms with Crippen molar-refractivity contribution < 1.29 is 9.84 Å². The molecule has 1 aliphatic rings. The predicted octanol–water partition coefficient (Wildman–Crippen LogP) is 0.651. The molecular weight excluding hydrogens is 116 g/mol. The van der Waals surface area contributed by atoms with Gasteiger partial charge in [0.05, 0.1) is 6.61 Å². The van der Waals surface area contributed by atoms with Crippen molar-refractivity contribution in [2.45, 2.75) is 12.8 Å². The molecule has 0 aromatic carbocycles. The molecule has 1 N–H and O–H groups in total. The lowest BCUT2D eigenvalue weighted by Gasteiger charge is -2.09. The van der Waals surface area contributed by atoms with Crippen molar-refractivity contribution >= 4 is 0 Å². The van der Waals surface area contributed by atoms with Gasteiger partial charge < -0.3 is 9.84 Å². The lowest BCUT2D eigenvalue weighted by atomic mass is 10.1. The number of hydrogen-bond donors (Lipinski definition) is 1. The van der Waals surface area contributed by atoms with Gasteiger partial charge in [-0.3, -0.25) is 0 Å². The Kier molecular flexibility index (Phi) is 2.49. The molecule has 2 nitrogen and oxygen atoms in total. The summed E-state index contributed by atoms with van der Waals surface area (Å²) in [6.45, 7) is 1.01. The van der Waals surface area contributed by atoms with Crippen molar-refractivity contribution in [3.63, 3.8) is 0 Å². The zero-order chi connectivity index (χ0) is 6.69. The van der Waals surface area contributed by atoms with Crippen molar-refractivity contribution in [3.8, 4) is 0 Å². The largest absolute Gasteiger partial charge is 0.396 e. The Morgan fingerprint density at radius 2 is 2.33 bits per heavy atom. The number of aliphatic hydroxyl groups excluding tert-OH is 1. The molecule has 0 amide bonds. The maximum atomic E-state index is 8.79.